The van der Waals surface area contributed by atoms with Crippen LogP contribution in [0, 0.1) is 11.2 Å². The van der Waals surface area contributed by atoms with Crippen molar-refractivity contribution in [2.45, 2.75) is 33.7 Å². The molecule has 0 aliphatic heterocycles. The van der Waals surface area contributed by atoms with Gasteiger partial charge in [-0.3, -0.25) is 14.3 Å². The van der Waals surface area contributed by atoms with Crippen molar-refractivity contribution in [1.82, 2.24) is 9.55 Å². The summed E-state index contributed by atoms with van der Waals surface area (Å²) in [5.41, 5.74) is -1.91. The quantitative estimate of drug-likeness (QED) is 0.829. The summed E-state index contributed by atoms with van der Waals surface area (Å²) in [6.07, 6.45) is 0.767. The van der Waals surface area contributed by atoms with Crippen LogP contribution < -0.4 is 11.2 Å². The van der Waals surface area contributed by atoms with Crippen LogP contribution in [0.3, 0.4) is 0 Å². The summed E-state index contributed by atoms with van der Waals surface area (Å²) in [5.74, 6) is -1.12. The molecule has 90 valence electrons. The van der Waals surface area contributed by atoms with Crippen LogP contribution in [-0.2, 0) is 6.54 Å². The van der Waals surface area contributed by atoms with Crippen LogP contribution in [0.2, 0.25) is 5.15 Å². The fraction of sp³-hybridized carbons (Fsp3) is 0.600. The van der Waals surface area contributed by atoms with Crippen molar-refractivity contribution in [3.05, 3.63) is 31.8 Å². The lowest BCUT2D eigenvalue weighted by atomic mass is 9.90. The van der Waals surface area contributed by atoms with E-state index in [2.05, 4.69) is 4.98 Å². The Bertz CT molecular complexity index is 505. The van der Waals surface area contributed by atoms with Gasteiger partial charge < -0.3 is 0 Å². The number of H-pyrrole nitrogens is 1. The Morgan fingerprint density at radius 3 is 2.50 bits per heavy atom. The number of hydrogen-bond acceptors (Lipinski definition) is 2. The standard InChI is InChI=1S/C10H14ClFN2O2/c1-4-10(2,3)5-14-8(15)6(12)7(11)13-9(14)16/h4-5H2,1-3H3,(H,13,16). The predicted molar refractivity (Wildman–Crippen MR) is 60.4 cm³/mol. The van der Waals surface area contributed by atoms with E-state index >= 15 is 0 Å². The normalized spacial score (nSPS) is 11.8. The summed E-state index contributed by atoms with van der Waals surface area (Å²) in [6.45, 7) is 5.88. The van der Waals surface area contributed by atoms with Crippen LogP contribution in [0.15, 0.2) is 9.59 Å². The molecule has 0 amide bonds. The molecular weight excluding hydrogens is 235 g/mol. The molecule has 16 heavy (non-hydrogen) atoms. The number of aromatic amines is 1. The lowest BCUT2D eigenvalue weighted by Crippen LogP contribution is -2.40. The molecule has 1 aromatic rings. The van der Waals surface area contributed by atoms with Crippen molar-refractivity contribution in [2.75, 3.05) is 0 Å². The topological polar surface area (TPSA) is 54.9 Å². The van der Waals surface area contributed by atoms with Gasteiger partial charge in [0.1, 0.15) is 0 Å². The van der Waals surface area contributed by atoms with Crippen LogP contribution >= 0.6 is 11.6 Å². The van der Waals surface area contributed by atoms with E-state index in [-0.39, 0.29) is 12.0 Å². The number of aromatic nitrogens is 2. The molecule has 0 fully saturated rings. The third kappa shape index (κ3) is 2.52. The first-order valence-corrected chi connectivity index (χ1v) is 5.34. The van der Waals surface area contributed by atoms with E-state index in [4.69, 9.17) is 11.6 Å². The van der Waals surface area contributed by atoms with Gasteiger partial charge in [0.2, 0.25) is 5.82 Å². The minimum atomic E-state index is -1.12. The Hall–Kier alpha value is -1.10. The smallest absolute Gasteiger partial charge is 0.295 e. The second-order valence-electron chi connectivity index (χ2n) is 4.47. The van der Waals surface area contributed by atoms with Crippen molar-refractivity contribution in [3.63, 3.8) is 0 Å². The summed E-state index contributed by atoms with van der Waals surface area (Å²) < 4.78 is 14.1. The van der Waals surface area contributed by atoms with Gasteiger partial charge in [0.15, 0.2) is 5.15 Å². The van der Waals surface area contributed by atoms with E-state index in [1.54, 1.807) is 0 Å². The molecule has 0 aromatic carbocycles. The first-order chi connectivity index (χ1) is 7.28. The van der Waals surface area contributed by atoms with Gasteiger partial charge in [0.05, 0.1) is 0 Å². The zero-order valence-electron chi connectivity index (χ0n) is 9.43. The number of nitrogens with zero attached hydrogens (tertiary/aromatic N) is 1. The van der Waals surface area contributed by atoms with E-state index < -0.39 is 22.2 Å². The van der Waals surface area contributed by atoms with Crippen LogP contribution in [0.1, 0.15) is 27.2 Å². The van der Waals surface area contributed by atoms with E-state index in [1.807, 2.05) is 20.8 Å². The number of rotatable bonds is 3. The molecule has 0 atom stereocenters. The Balaban J connectivity index is 3.32. The Kier molecular flexibility index (Phi) is 3.57. The summed E-state index contributed by atoms with van der Waals surface area (Å²) in [6, 6.07) is 0. The van der Waals surface area contributed by atoms with Crippen molar-refractivity contribution in [1.29, 1.82) is 0 Å². The van der Waals surface area contributed by atoms with E-state index in [0.717, 1.165) is 11.0 Å². The zero-order valence-corrected chi connectivity index (χ0v) is 10.2. The largest absolute Gasteiger partial charge is 0.329 e. The minimum absolute atomic E-state index is 0.158. The third-order valence-electron chi connectivity index (χ3n) is 2.63. The van der Waals surface area contributed by atoms with Crippen LogP contribution in [0.5, 0.6) is 0 Å². The zero-order chi connectivity index (χ0) is 12.5. The van der Waals surface area contributed by atoms with Gasteiger partial charge in [-0.15, -0.1) is 0 Å². The van der Waals surface area contributed by atoms with Gasteiger partial charge in [-0.2, -0.15) is 4.39 Å². The monoisotopic (exact) mass is 248 g/mol. The highest BCUT2D eigenvalue weighted by Crippen LogP contribution is 2.20. The molecule has 4 nitrogen and oxygen atoms in total. The van der Waals surface area contributed by atoms with E-state index in [0.29, 0.717) is 0 Å². The van der Waals surface area contributed by atoms with E-state index in [1.165, 1.54) is 0 Å². The van der Waals surface area contributed by atoms with Crippen molar-refractivity contribution >= 4 is 11.6 Å². The molecule has 0 spiro atoms. The highest BCUT2D eigenvalue weighted by molar-refractivity contribution is 6.29. The molecule has 6 heteroatoms. The molecular formula is C10H14ClFN2O2. The molecule has 0 aliphatic carbocycles. The fourth-order valence-corrected chi connectivity index (χ4v) is 1.37. The minimum Gasteiger partial charge on any atom is -0.295 e. The lowest BCUT2D eigenvalue weighted by Gasteiger charge is -2.22. The maximum absolute atomic E-state index is 13.2. The van der Waals surface area contributed by atoms with Crippen molar-refractivity contribution in [3.8, 4) is 0 Å². The van der Waals surface area contributed by atoms with Gasteiger partial charge in [0.25, 0.3) is 5.56 Å². The number of halogens is 2. The molecule has 0 unspecified atom stereocenters. The van der Waals surface area contributed by atoms with Crippen molar-refractivity contribution < 1.29 is 4.39 Å². The predicted octanol–water partition coefficient (Wildman–Crippen LogP) is 1.77. The highest BCUT2D eigenvalue weighted by Gasteiger charge is 2.20. The molecule has 1 N–H and O–H groups in total. The number of nitrogens with one attached hydrogen (secondary N) is 1. The molecule has 1 rings (SSSR count). The van der Waals surface area contributed by atoms with E-state index in [9.17, 15) is 14.0 Å². The highest BCUT2D eigenvalue weighted by atomic mass is 35.5. The maximum Gasteiger partial charge on any atom is 0.329 e. The second kappa shape index (κ2) is 4.41. The maximum atomic E-state index is 13.2. The van der Waals surface area contributed by atoms with Crippen LogP contribution in [0.4, 0.5) is 4.39 Å². The molecule has 1 aromatic heterocycles. The summed E-state index contributed by atoms with van der Waals surface area (Å²) >= 11 is 5.35. The Morgan fingerprint density at radius 1 is 1.44 bits per heavy atom. The SMILES string of the molecule is CCC(C)(C)Cn1c(=O)[nH]c(Cl)c(F)c1=O. The fourth-order valence-electron chi connectivity index (χ4n) is 1.20. The molecule has 0 radical (unpaired) electrons. The number of hydrogen-bond donors (Lipinski definition) is 1. The average molecular weight is 249 g/mol. The van der Waals surface area contributed by atoms with Gasteiger partial charge in [-0.05, 0) is 11.8 Å². The van der Waals surface area contributed by atoms with Gasteiger partial charge in [-0.1, -0.05) is 32.4 Å². The van der Waals surface area contributed by atoms with Gasteiger partial charge in [0, 0.05) is 6.54 Å². The summed E-state index contributed by atoms with van der Waals surface area (Å²) in [5, 5.41) is -0.541. The molecule has 1 heterocycles. The summed E-state index contributed by atoms with van der Waals surface area (Å²) in [4.78, 5) is 25.0. The first-order valence-electron chi connectivity index (χ1n) is 4.96. The van der Waals surface area contributed by atoms with Crippen molar-refractivity contribution in [2.24, 2.45) is 5.41 Å². The molecule has 0 saturated carbocycles. The third-order valence-corrected chi connectivity index (χ3v) is 2.89. The van der Waals surface area contributed by atoms with Crippen LogP contribution in [0.25, 0.3) is 0 Å². The Morgan fingerprint density at radius 2 is 2.00 bits per heavy atom. The second-order valence-corrected chi connectivity index (χ2v) is 4.85. The molecule has 0 saturated heterocycles. The van der Waals surface area contributed by atoms with Gasteiger partial charge >= 0.3 is 5.69 Å². The molecule has 0 aliphatic rings. The molecule has 0 bridgehead atoms. The Labute approximate surface area is 97.1 Å². The lowest BCUT2D eigenvalue weighted by molar-refractivity contribution is 0.281. The average Bonchev–Trinajstić information content (AvgIpc) is 2.21. The summed E-state index contributed by atoms with van der Waals surface area (Å²) in [7, 11) is 0. The first kappa shape index (κ1) is 13.0. The van der Waals surface area contributed by atoms with Crippen LogP contribution in [-0.4, -0.2) is 9.55 Å². The van der Waals surface area contributed by atoms with Gasteiger partial charge in [-0.25, -0.2) is 4.79 Å².